The van der Waals surface area contributed by atoms with Crippen LogP contribution in [0.5, 0.6) is 11.5 Å². The zero-order valence-corrected chi connectivity index (χ0v) is 44.5. The van der Waals surface area contributed by atoms with Crippen molar-refractivity contribution in [2.45, 2.75) is 179 Å². The number of rotatable bonds is 26. The lowest BCUT2D eigenvalue weighted by atomic mass is 9.93. The van der Waals surface area contributed by atoms with Crippen LogP contribution in [-0.2, 0) is 49.6 Å². The van der Waals surface area contributed by atoms with Gasteiger partial charge in [0.1, 0.15) is 53.8 Å². The van der Waals surface area contributed by atoms with Crippen molar-refractivity contribution >= 4 is 53.2 Å². The normalized spacial score (nSPS) is 18.8. The van der Waals surface area contributed by atoms with E-state index in [1.165, 1.54) is 128 Å². The second kappa shape index (κ2) is 29.9. The molecule has 1 saturated heterocycles. The second-order valence-corrected chi connectivity index (χ2v) is 19.9. The van der Waals surface area contributed by atoms with Crippen molar-refractivity contribution in [3.8, 4) is 22.6 Å². The van der Waals surface area contributed by atoms with Gasteiger partial charge in [-0.1, -0.05) is 96.1 Å². The summed E-state index contributed by atoms with van der Waals surface area (Å²) in [5.41, 5.74) is 0.609. The summed E-state index contributed by atoms with van der Waals surface area (Å²) >= 11 is 0. The number of aliphatic hydroxyl groups is 1. The molecular formula is C54H80N8O13. The quantitative estimate of drug-likeness (QED) is 0.0612. The molecule has 9 N–H and O–H groups in total. The molecule has 1 fully saturated rings. The summed E-state index contributed by atoms with van der Waals surface area (Å²) < 4.78 is 0. The predicted octanol–water partition coefficient (Wildman–Crippen LogP) is 3.31. The summed E-state index contributed by atoms with van der Waals surface area (Å²) in [6.45, 7) is 5.09. The van der Waals surface area contributed by atoms with Crippen molar-refractivity contribution in [2.75, 3.05) is 33.8 Å². The topological polar surface area (TPSA) is 304 Å². The Labute approximate surface area is 439 Å². The van der Waals surface area contributed by atoms with Crippen molar-refractivity contribution < 1.29 is 63.6 Å². The Bertz CT molecular complexity index is 2330. The molecule has 2 unspecified atom stereocenters. The molecule has 4 bridgehead atoms. The number of carboxylic acid groups (broad SMARTS) is 1. The number of likely N-dealkylation sites (tertiary alicyclic amines) is 1. The monoisotopic (exact) mass is 1050 g/mol. The Hall–Kier alpha value is -6.77. The van der Waals surface area contributed by atoms with Crippen molar-refractivity contribution in [1.82, 2.24) is 41.3 Å². The standard InChI is InChI=1S/C54H80N8O13/c1-7-8-9-10-11-12-13-14-15-16-17-18-19-22-45(66)60(5)42(32-63)51(71)56-33(2)48(68)55-31-46(67)61(6)47-37-24-26-44(65)39(30-37)38-28-36(23-25-43(38)64)29-40(59-49(69)34(3)57-52(47)72)50(70)58-35(4)53(73)62-27-20-21-41(62)54(74)75/h23-26,28,30,33-35,40-42,47,63-65H,7-22,27,29,31-32H2,1-6H3,(H,55,68)(H,56,71)(H,57,72)(H,58,70)(H,59,69)(H,74,75)/t33-,34+,35?,40+,41?,42-,47+/m1/s1. The number of nitrogens with zero attached hydrogens (tertiary/aromatic N) is 3. The van der Waals surface area contributed by atoms with E-state index in [1.54, 1.807) is 0 Å². The highest BCUT2D eigenvalue weighted by Gasteiger charge is 2.38. The molecule has 0 radical (unpaired) electrons. The van der Waals surface area contributed by atoms with Crippen molar-refractivity contribution in [3.63, 3.8) is 0 Å². The van der Waals surface area contributed by atoms with Gasteiger partial charge >= 0.3 is 5.97 Å². The van der Waals surface area contributed by atoms with Gasteiger partial charge in [-0.3, -0.25) is 38.4 Å². The van der Waals surface area contributed by atoms with Crippen LogP contribution in [0.1, 0.15) is 148 Å². The van der Waals surface area contributed by atoms with E-state index in [1.807, 2.05) is 0 Å². The van der Waals surface area contributed by atoms with E-state index >= 15 is 0 Å². The highest BCUT2D eigenvalue weighted by atomic mass is 16.4. The van der Waals surface area contributed by atoms with Crippen LogP contribution in [0.4, 0.5) is 0 Å². The minimum atomic E-state index is -1.53. The van der Waals surface area contributed by atoms with E-state index in [-0.39, 0.29) is 59.9 Å². The highest BCUT2D eigenvalue weighted by Crippen LogP contribution is 2.39. The van der Waals surface area contributed by atoms with Gasteiger partial charge < -0.3 is 61.7 Å². The number of aliphatic carboxylic acids is 1. The molecule has 21 heteroatoms. The Morgan fingerprint density at radius 2 is 1.33 bits per heavy atom. The van der Waals surface area contributed by atoms with Gasteiger partial charge in [0.25, 0.3) is 0 Å². The van der Waals surface area contributed by atoms with Crippen molar-refractivity contribution in [3.05, 3.63) is 47.5 Å². The number of carbonyl (C=O) groups is 9. The number of benzene rings is 2. The predicted molar refractivity (Wildman–Crippen MR) is 279 cm³/mol. The summed E-state index contributed by atoms with van der Waals surface area (Å²) in [5, 5.41) is 54.5. The maximum atomic E-state index is 14.2. The fourth-order valence-corrected chi connectivity index (χ4v) is 9.41. The van der Waals surface area contributed by atoms with Gasteiger partial charge in [0.15, 0.2) is 0 Å². The molecular weight excluding hydrogens is 969 g/mol. The van der Waals surface area contributed by atoms with E-state index in [0.717, 1.165) is 35.5 Å². The second-order valence-electron chi connectivity index (χ2n) is 19.9. The number of amides is 8. The molecule has 2 aliphatic rings. The zero-order chi connectivity index (χ0) is 55.4. The number of carboxylic acids is 1. The average Bonchev–Trinajstić information content (AvgIpc) is 3.88. The van der Waals surface area contributed by atoms with Gasteiger partial charge in [-0.15, -0.1) is 0 Å². The number of nitrogens with one attached hydrogen (secondary N) is 5. The fourth-order valence-electron chi connectivity index (χ4n) is 9.41. The van der Waals surface area contributed by atoms with E-state index < -0.39 is 103 Å². The smallest absolute Gasteiger partial charge is 0.326 e. The van der Waals surface area contributed by atoms with Crippen molar-refractivity contribution in [1.29, 1.82) is 0 Å². The average molecular weight is 1050 g/mol. The molecule has 7 atom stereocenters. The summed E-state index contributed by atoms with van der Waals surface area (Å²) in [7, 11) is 2.68. The molecule has 21 nitrogen and oxygen atoms in total. The number of fused-ring (bicyclic) bond motifs is 5. The molecule has 0 aliphatic carbocycles. The maximum absolute atomic E-state index is 14.2. The molecule has 2 heterocycles. The molecule has 8 amide bonds. The van der Waals surface area contributed by atoms with Crippen LogP contribution >= 0.6 is 0 Å². The van der Waals surface area contributed by atoms with Crippen LogP contribution in [0.3, 0.4) is 0 Å². The van der Waals surface area contributed by atoms with E-state index in [9.17, 15) is 63.6 Å². The number of unbranched alkanes of at least 4 members (excludes halogenated alkanes) is 12. The molecule has 2 aromatic carbocycles. The number of phenolic OH excluding ortho intramolecular Hbond substituents is 2. The third-order valence-electron chi connectivity index (χ3n) is 14.1. The molecule has 0 spiro atoms. The first kappa shape index (κ1) is 60.8. The summed E-state index contributed by atoms with van der Waals surface area (Å²) in [6, 6.07) is -0.773. The van der Waals surface area contributed by atoms with Crippen LogP contribution in [0, 0.1) is 0 Å². The lowest BCUT2D eigenvalue weighted by molar-refractivity contribution is -0.149. The molecule has 2 aromatic rings. The SMILES string of the molecule is CCCCCCCCCCCCCCCC(=O)N(C)[C@H](CO)C(=O)N[C@H](C)C(=O)NCC(=O)N(C)[C@@H]1C(=O)N[C@@H](C)C(=O)N[C@H](C(=O)NC(C)C(=O)N2CCCC2C(=O)O)Cc2ccc(O)c(c2)-c2cc1ccc2O. The third-order valence-corrected chi connectivity index (χ3v) is 14.1. The molecule has 414 valence electrons. The van der Waals surface area contributed by atoms with Gasteiger partial charge in [0, 0.05) is 44.6 Å². The minimum Gasteiger partial charge on any atom is -0.507 e. The number of hydrogen-bond acceptors (Lipinski definition) is 12. The molecule has 2 aliphatic heterocycles. The molecule has 4 rings (SSSR count). The lowest BCUT2D eigenvalue weighted by Crippen LogP contribution is -2.58. The van der Waals surface area contributed by atoms with Crippen LogP contribution < -0.4 is 26.6 Å². The third kappa shape index (κ3) is 17.7. The highest BCUT2D eigenvalue weighted by molar-refractivity contribution is 5.98. The summed E-state index contributed by atoms with van der Waals surface area (Å²) in [6.07, 6.45) is 15.7. The van der Waals surface area contributed by atoms with Crippen LogP contribution in [-0.4, -0.2) is 158 Å². The van der Waals surface area contributed by atoms with Crippen LogP contribution in [0.15, 0.2) is 36.4 Å². The Morgan fingerprint density at radius 3 is 1.93 bits per heavy atom. The summed E-state index contributed by atoms with van der Waals surface area (Å²) in [5.74, 6) is -7.71. The van der Waals surface area contributed by atoms with Gasteiger partial charge in [-0.25, -0.2) is 4.79 Å². The van der Waals surface area contributed by atoms with E-state index in [4.69, 9.17) is 0 Å². The molecule has 0 aromatic heterocycles. The van der Waals surface area contributed by atoms with Gasteiger partial charge in [0.2, 0.25) is 47.3 Å². The fraction of sp³-hybridized carbons (Fsp3) is 0.611. The lowest BCUT2D eigenvalue weighted by Gasteiger charge is -2.30. The Balaban J connectivity index is 1.39. The zero-order valence-electron chi connectivity index (χ0n) is 44.5. The van der Waals surface area contributed by atoms with Gasteiger partial charge in [-0.2, -0.15) is 0 Å². The first-order valence-electron chi connectivity index (χ1n) is 26.5. The maximum Gasteiger partial charge on any atom is 0.326 e. The summed E-state index contributed by atoms with van der Waals surface area (Å²) in [4.78, 5) is 124. The molecule has 0 saturated carbocycles. The van der Waals surface area contributed by atoms with Crippen LogP contribution in [0.25, 0.3) is 11.1 Å². The Morgan fingerprint density at radius 1 is 0.747 bits per heavy atom. The van der Waals surface area contributed by atoms with Crippen molar-refractivity contribution in [2.24, 2.45) is 0 Å². The number of carbonyl (C=O) groups excluding carboxylic acids is 8. The minimum absolute atomic E-state index is 0.0319. The van der Waals surface area contributed by atoms with Crippen LogP contribution in [0.2, 0.25) is 0 Å². The number of hydrogen-bond donors (Lipinski definition) is 9. The van der Waals surface area contributed by atoms with E-state index in [0.29, 0.717) is 18.4 Å². The number of aliphatic hydroxyl groups excluding tert-OH is 1. The largest absolute Gasteiger partial charge is 0.507 e. The van der Waals surface area contributed by atoms with E-state index in [2.05, 4.69) is 33.5 Å². The number of likely N-dealkylation sites (N-methyl/N-ethyl adjacent to an activating group) is 2. The number of phenols is 2. The van der Waals surface area contributed by atoms with Gasteiger partial charge in [-0.05, 0) is 75.4 Å². The van der Waals surface area contributed by atoms with Gasteiger partial charge in [0.05, 0.1) is 13.2 Å². The number of aromatic hydroxyl groups is 2. The Kier molecular flexibility index (Phi) is 24.3. The first-order chi connectivity index (χ1) is 35.7. The molecule has 75 heavy (non-hydrogen) atoms. The first-order valence-corrected chi connectivity index (χ1v) is 26.5.